The average Bonchev–Trinajstić information content (AvgIpc) is 2.75. The molecule has 34 heavy (non-hydrogen) atoms. The van der Waals surface area contributed by atoms with E-state index in [0.717, 1.165) is 37.1 Å². The summed E-state index contributed by atoms with van der Waals surface area (Å²) >= 11 is 0. The Morgan fingerprint density at radius 1 is 0.559 bits per heavy atom. The zero-order valence-electron chi connectivity index (χ0n) is 17.9. The highest BCUT2D eigenvalue weighted by molar-refractivity contribution is 5.89. The number of nitrogens with one attached hydrogen (secondary N) is 4. The molecule has 0 saturated heterocycles. The SMILES string of the molecule is O=C(NCCCCCCNC(=O)Nc1ccc(C(F)(F)F)cc1)Nc1ccc(C(F)(F)F)cc1. The molecule has 0 aliphatic rings. The molecule has 6 nitrogen and oxygen atoms in total. The fourth-order valence-electron chi connectivity index (χ4n) is 2.84. The lowest BCUT2D eigenvalue weighted by Gasteiger charge is -2.10. The number of benzene rings is 2. The Kier molecular flexibility index (Phi) is 9.58. The summed E-state index contributed by atoms with van der Waals surface area (Å²) in [7, 11) is 0. The van der Waals surface area contributed by atoms with Crippen molar-refractivity contribution in [3.8, 4) is 0 Å². The normalized spacial score (nSPS) is 11.6. The van der Waals surface area contributed by atoms with Crippen LogP contribution in [0.25, 0.3) is 0 Å². The van der Waals surface area contributed by atoms with Crippen molar-refractivity contribution in [2.45, 2.75) is 38.0 Å². The molecule has 4 N–H and O–H groups in total. The number of rotatable bonds is 9. The standard InChI is InChI=1S/C22H24F6N4O2/c23-21(24,25)15-5-9-17(10-6-15)31-19(33)29-13-3-1-2-4-14-30-20(34)32-18-11-7-16(8-12-18)22(26,27)28/h5-12H,1-4,13-14H2,(H2,29,31,33)(H2,30,32,34). The van der Waals surface area contributed by atoms with E-state index in [0.29, 0.717) is 25.9 Å². The lowest BCUT2D eigenvalue weighted by Crippen LogP contribution is -2.30. The molecule has 4 amide bonds. The molecule has 0 saturated carbocycles. The molecule has 0 aromatic heterocycles. The van der Waals surface area contributed by atoms with Crippen molar-refractivity contribution < 1.29 is 35.9 Å². The fourth-order valence-corrected chi connectivity index (χ4v) is 2.84. The molecule has 0 aliphatic carbocycles. The van der Waals surface area contributed by atoms with Crippen molar-refractivity contribution in [1.29, 1.82) is 0 Å². The summed E-state index contributed by atoms with van der Waals surface area (Å²) < 4.78 is 75.1. The summed E-state index contributed by atoms with van der Waals surface area (Å²) in [5, 5.41) is 10.1. The largest absolute Gasteiger partial charge is 0.416 e. The van der Waals surface area contributed by atoms with Crippen molar-refractivity contribution in [2.75, 3.05) is 23.7 Å². The zero-order chi connectivity index (χ0) is 25.2. The van der Waals surface area contributed by atoms with E-state index in [1.807, 2.05) is 0 Å². The highest BCUT2D eigenvalue weighted by Crippen LogP contribution is 2.30. The molecule has 12 heteroatoms. The van der Waals surface area contributed by atoms with Crippen molar-refractivity contribution in [1.82, 2.24) is 10.6 Å². The first-order valence-corrected chi connectivity index (χ1v) is 10.4. The minimum atomic E-state index is -4.44. The van der Waals surface area contributed by atoms with Crippen LogP contribution >= 0.6 is 0 Å². The summed E-state index contributed by atoms with van der Waals surface area (Å²) in [4.78, 5) is 23.5. The predicted molar refractivity (Wildman–Crippen MR) is 115 cm³/mol. The van der Waals surface area contributed by atoms with Crippen LogP contribution in [0.3, 0.4) is 0 Å². The van der Waals surface area contributed by atoms with E-state index >= 15 is 0 Å². The maximum Gasteiger partial charge on any atom is 0.416 e. The van der Waals surface area contributed by atoms with Crippen LogP contribution in [0.4, 0.5) is 47.3 Å². The summed E-state index contributed by atoms with van der Waals surface area (Å²) in [6.45, 7) is 0.739. The van der Waals surface area contributed by atoms with E-state index in [-0.39, 0.29) is 11.4 Å². The number of amides is 4. The lowest BCUT2D eigenvalue weighted by molar-refractivity contribution is -0.138. The smallest absolute Gasteiger partial charge is 0.338 e. The van der Waals surface area contributed by atoms with Gasteiger partial charge in [0.2, 0.25) is 0 Å². The van der Waals surface area contributed by atoms with Gasteiger partial charge in [-0.3, -0.25) is 0 Å². The van der Waals surface area contributed by atoms with Gasteiger partial charge in [0.15, 0.2) is 0 Å². The average molecular weight is 490 g/mol. The first-order chi connectivity index (χ1) is 15.9. The third-order valence-electron chi connectivity index (χ3n) is 4.61. The second kappa shape index (κ2) is 12.1. The second-order valence-electron chi connectivity index (χ2n) is 7.33. The number of unbranched alkanes of at least 4 members (excludes halogenated alkanes) is 3. The molecule has 0 spiro atoms. The van der Waals surface area contributed by atoms with Gasteiger partial charge in [0.05, 0.1) is 11.1 Å². The molecule has 0 bridgehead atoms. The number of carbonyl (C=O) groups excluding carboxylic acids is 2. The monoisotopic (exact) mass is 490 g/mol. The van der Waals surface area contributed by atoms with Crippen LogP contribution in [0.5, 0.6) is 0 Å². The quantitative estimate of drug-likeness (QED) is 0.248. The third-order valence-corrected chi connectivity index (χ3v) is 4.61. The van der Waals surface area contributed by atoms with E-state index in [1.165, 1.54) is 24.3 Å². The third kappa shape index (κ3) is 9.59. The van der Waals surface area contributed by atoms with Gasteiger partial charge < -0.3 is 21.3 Å². The highest BCUT2D eigenvalue weighted by atomic mass is 19.4. The number of hydrogen-bond donors (Lipinski definition) is 4. The van der Waals surface area contributed by atoms with Gasteiger partial charge in [-0.1, -0.05) is 12.8 Å². The summed E-state index contributed by atoms with van der Waals surface area (Å²) in [5.41, 5.74) is -1.12. The minimum Gasteiger partial charge on any atom is -0.338 e. The van der Waals surface area contributed by atoms with Crippen LogP contribution < -0.4 is 21.3 Å². The van der Waals surface area contributed by atoms with Gasteiger partial charge in [-0.05, 0) is 61.4 Å². The number of carbonyl (C=O) groups is 2. The Morgan fingerprint density at radius 2 is 0.882 bits per heavy atom. The molecule has 2 aromatic rings. The maximum atomic E-state index is 12.5. The van der Waals surface area contributed by atoms with Crippen molar-refractivity contribution in [3.63, 3.8) is 0 Å². The molecule has 0 atom stereocenters. The molecule has 0 unspecified atom stereocenters. The van der Waals surface area contributed by atoms with Gasteiger partial charge in [0.1, 0.15) is 0 Å². The molecule has 0 aliphatic heterocycles. The molecule has 0 radical (unpaired) electrons. The lowest BCUT2D eigenvalue weighted by atomic mass is 10.2. The maximum absolute atomic E-state index is 12.5. The topological polar surface area (TPSA) is 82.3 Å². The van der Waals surface area contributed by atoms with Gasteiger partial charge in [-0.15, -0.1) is 0 Å². The van der Waals surface area contributed by atoms with Gasteiger partial charge in [0.25, 0.3) is 0 Å². The summed E-state index contributed by atoms with van der Waals surface area (Å²) in [6.07, 6.45) is -6.01. The number of anilines is 2. The number of urea groups is 2. The molecule has 2 aromatic carbocycles. The van der Waals surface area contributed by atoms with Crippen LogP contribution in [-0.4, -0.2) is 25.2 Å². The van der Waals surface area contributed by atoms with Crippen molar-refractivity contribution >= 4 is 23.4 Å². The van der Waals surface area contributed by atoms with Gasteiger partial charge in [-0.2, -0.15) is 26.3 Å². The first-order valence-electron chi connectivity index (χ1n) is 10.4. The zero-order valence-corrected chi connectivity index (χ0v) is 17.9. The van der Waals surface area contributed by atoms with E-state index in [9.17, 15) is 35.9 Å². The van der Waals surface area contributed by atoms with E-state index in [4.69, 9.17) is 0 Å². The molecule has 186 valence electrons. The van der Waals surface area contributed by atoms with E-state index < -0.39 is 35.5 Å². The van der Waals surface area contributed by atoms with Crippen LogP contribution in [0.1, 0.15) is 36.8 Å². The van der Waals surface area contributed by atoms with Crippen LogP contribution in [-0.2, 0) is 12.4 Å². The van der Waals surface area contributed by atoms with E-state index in [2.05, 4.69) is 21.3 Å². The van der Waals surface area contributed by atoms with Crippen LogP contribution in [0.2, 0.25) is 0 Å². The Morgan fingerprint density at radius 3 is 1.18 bits per heavy atom. The van der Waals surface area contributed by atoms with Gasteiger partial charge in [-0.25, -0.2) is 9.59 Å². The first kappa shape index (κ1) is 26.8. The van der Waals surface area contributed by atoms with Gasteiger partial charge >= 0.3 is 24.4 Å². The molecule has 0 heterocycles. The molecule has 0 fully saturated rings. The Balaban J connectivity index is 1.52. The fraction of sp³-hybridized carbons (Fsp3) is 0.364. The minimum absolute atomic E-state index is 0.242. The van der Waals surface area contributed by atoms with E-state index in [1.54, 1.807) is 0 Å². The number of alkyl halides is 6. The number of hydrogen-bond acceptors (Lipinski definition) is 2. The molecular weight excluding hydrogens is 466 g/mol. The predicted octanol–water partition coefficient (Wildman–Crippen LogP) is 6.23. The Bertz CT molecular complexity index is 851. The summed E-state index contributed by atoms with van der Waals surface area (Å²) in [6, 6.07) is 7.16. The van der Waals surface area contributed by atoms with Crippen LogP contribution in [0.15, 0.2) is 48.5 Å². The second-order valence-corrected chi connectivity index (χ2v) is 7.33. The number of halogens is 6. The van der Waals surface area contributed by atoms with Crippen molar-refractivity contribution in [3.05, 3.63) is 59.7 Å². The van der Waals surface area contributed by atoms with Crippen LogP contribution in [0, 0.1) is 0 Å². The molecule has 2 rings (SSSR count). The van der Waals surface area contributed by atoms with Gasteiger partial charge in [0, 0.05) is 24.5 Å². The Labute approximate surface area is 192 Å². The van der Waals surface area contributed by atoms with Crippen molar-refractivity contribution in [2.24, 2.45) is 0 Å². The molecular formula is C22H24F6N4O2. The summed E-state index contributed by atoms with van der Waals surface area (Å²) in [5.74, 6) is 0. The Hall–Kier alpha value is -3.44. The highest BCUT2D eigenvalue weighted by Gasteiger charge is 2.30.